The van der Waals surface area contributed by atoms with Crippen molar-refractivity contribution in [1.82, 2.24) is 15.1 Å². The molecule has 1 aromatic rings. The van der Waals surface area contributed by atoms with Crippen molar-refractivity contribution in [3.63, 3.8) is 0 Å². The van der Waals surface area contributed by atoms with Crippen LogP contribution in [-0.4, -0.2) is 58.3 Å². The lowest BCUT2D eigenvalue weighted by atomic mass is 9.89. The van der Waals surface area contributed by atoms with Gasteiger partial charge in [-0.1, -0.05) is 12.1 Å². The first-order valence-corrected chi connectivity index (χ1v) is 11.3. The van der Waals surface area contributed by atoms with Gasteiger partial charge in [0.25, 0.3) is 5.91 Å². The second-order valence-electron chi connectivity index (χ2n) is 10.0. The maximum atomic E-state index is 12.8. The van der Waals surface area contributed by atoms with Gasteiger partial charge in [-0.15, -0.1) is 0 Å². The summed E-state index contributed by atoms with van der Waals surface area (Å²) in [5.74, 6) is -0.350. The van der Waals surface area contributed by atoms with Gasteiger partial charge in [0.1, 0.15) is 11.6 Å². The van der Waals surface area contributed by atoms with Crippen molar-refractivity contribution in [2.75, 3.05) is 13.1 Å². The molecule has 1 aromatic carbocycles. The van der Waals surface area contributed by atoms with Crippen molar-refractivity contribution in [3.05, 3.63) is 34.9 Å². The molecule has 2 fully saturated rings. The number of ether oxygens (including phenoxy) is 1. The van der Waals surface area contributed by atoms with Crippen LogP contribution in [0.25, 0.3) is 0 Å². The molecular weight excluding hydrogens is 410 g/mol. The van der Waals surface area contributed by atoms with Crippen LogP contribution in [0.15, 0.2) is 18.2 Å². The fourth-order valence-electron chi connectivity index (χ4n) is 4.73. The first kappa shape index (κ1) is 22.3. The Morgan fingerprint density at radius 3 is 2.50 bits per heavy atom. The predicted molar refractivity (Wildman–Crippen MR) is 117 cm³/mol. The van der Waals surface area contributed by atoms with Crippen molar-refractivity contribution in [3.8, 4) is 0 Å². The number of imide groups is 1. The second-order valence-corrected chi connectivity index (χ2v) is 10.0. The van der Waals surface area contributed by atoms with Crippen LogP contribution in [0.1, 0.15) is 67.9 Å². The number of carbonyl (C=O) groups is 4. The van der Waals surface area contributed by atoms with Gasteiger partial charge in [-0.05, 0) is 69.6 Å². The van der Waals surface area contributed by atoms with Gasteiger partial charge in [0, 0.05) is 31.6 Å². The number of hydrogen-bond donors (Lipinski definition) is 1. The van der Waals surface area contributed by atoms with Crippen LogP contribution in [0.4, 0.5) is 4.79 Å². The second kappa shape index (κ2) is 8.56. The summed E-state index contributed by atoms with van der Waals surface area (Å²) in [5.41, 5.74) is 2.25. The van der Waals surface area contributed by atoms with E-state index in [1.807, 2.05) is 32.9 Å². The molecule has 3 aliphatic rings. The zero-order chi connectivity index (χ0) is 23.0. The van der Waals surface area contributed by atoms with Crippen molar-refractivity contribution < 1.29 is 23.9 Å². The predicted octanol–water partition coefficient (Wildman–Crippen LogP) is 2.64. The third-order valence-corrected chi connectivity index (χ3v) is 6.38. The van der Waals surface area contributed by atoms with E-state index >= 15 is 0 Å². The van der Waals surface area contributed by atoms with Gasteiger partial charge in [0.05, 0.1) is 0 Å². The Balaban J connectivity index is 1.35. The average Bonchev–Trinajstić information content (AvgIpc) is 3.03. The number of fused-ring (bicyclic) bond motifs is 1. The first-order chi connectivity index (χ1) is 15.1. The Morgan fingerprint density at radius 2 is 1.84 bits per heavy atom. The van der Waals surface area contributed by atoms with Crippen LogP contribution in [-0.2, 0) is 27.3 Å². The van der Waals surface area contributed by atoms with Crippen LogP contribution in [0, 0.1) is 5.92 Å². The van der Waals surface area contributed by atoms with Gasteiger partial charge < -0.3 is 14.5 Å². The number of benzene rings is 1. The zero-order valence-electron chi connectivity index (χ0n) is 19.0. The van der Waals surface area contributed by atoms with Gasteiger partial charge in [0.2, 0.25) is 11.8 Å². The van der Waals surface area contributed by atoms with E-state index in [0.29, 0.717) is 37.5 Å². The monoisotopic (exact) mass is 441 g/mol. The standard InChI is InChI=1S/C24H31N3O5/c1-24(2,3)32-23(31)26-10-8-15(9-11-26)12-16-4-5-18-17(13-16)14-27(22(18)30)19-6-7-20(28)25-21(19)29/h4-5,13,15,19H,6-12,14H2,1-3H3,(H,25,28,29). The highest BCUT2D eigenvalue weighted by molar-refractivity contribution is 6.05. The SMILES string of the molecule is CC(C)(C)OC(=O)N1CCC(Cc2ccc3c(c2)CN(C2CCC(=O)NC2=O)C3=O)CC1. The minimum absolute atomic E-state index is 0.147. The number of piperidine rings is 2. The molecule has 4 rings (SSSR count). The topological polar surface area (TPSA) is 96.0 Å². The third kappa shape index (κ3) is 4.79. The quantitative estimate of drug-likeness (QED) is 0.728. The number of amides is 4. The maximum absolute atomic E-state index is 12.8. The fraction of sp³-hybridized carbons (Fsp3) is 0.583. The minimum Gasteiger partial charge on any atom is -0.444 e. The van der Waals surface area contributed by atoms with Gasteiger partial charge in [-0.2, -0.15) is 0 Å². The number of carbonyl (C=O) groups excluding carboxylic acids is 4. The summed E-state index contributed by atoms with van der Waals surface area (Å²) in [6.07, 6.45) is 3.09. The van der Waals surface area contributed by atoms with Gasteiger partial charge >= 0.3 is 6.09 Å². The highest BCUT2D eigenvalue weighted by Crippen LogP contribution is 2.30. The van der Waals surface area contributed by atoms with Crippen molar-refractivity contribution in [1.29, 1.82) is 0 Å². The molecule has 3 aliphatic heterocycles. The van der Waals surface area contributed by atoms with Gasteiger partial charge in [0.15, 0.2) is 0 Å². The molecule has 0 bridgehead atoms. The van der Waals surface area contributed by atoms with Crippen LogP contribution < -0.4 is 5.32 Å². The molecule has 0 aliphatic carbocycles. The first-order valence-electron chi connectivity index (χ1n) is 11.3. The summed E-state index contributed by atoms with van der Waals surface area (Å²) in [4.78, 5) is 52.1. The number of hydrogen-bond acceptors (Lipinski definition) is 5. The molecule has 0 radical (unpaired) electrons. The molecule has 8 nitrogen and oxygen atoms in total. The van der Waals surface area contributed by atoms with E-state index in [1.165, 1.54) is 0 Å². The summed E-state index contributed by atoms with van der Waals surface area (Å²) < 4.78 is 5.47. The lowest BCUT2D eigenvalue weighted by Crippen LogP contribution is -2.52. The summed E-state index contributed by atoms with van der Waals surface area (Å²) >= 11 is 0. The van der Waals surface area contributed by atoms with E-state index in [0.717, 1.165) is 30.4 Å². The summed E-state index contributed by atoms with van der Waals surface area (Å²) in [5, 5.41) is 2.33. The number of rotatable bonds is 3. The van der Waals surface area contributed by atoms with Crippen molar-refractivity contribution >= 4 is 23.8 Å². The van der Waals surface area contributed by atoms with Gasteiger partial charge in [-0.25, -0.2) is 4.79 Å². The molecule has 0 aromatic heterocycles. The Kier molecular flexibility index (Phi) is 5.97. The molecule has 0 spiro atoms. The van der Waals surface area contributed by atoms with Crippen molar-refractivity contribution in [2.24, 2.45) is 5.92 Å². The molecule has 3 heterocycles. The summed E-state index contributed by atoms with van der Waals surface area (Å²) in [7, 11) is 0. The average molecular weight is 442 g/mol. The van der Waals surface area contributed by atoms with Gasteiger partial charge in [-0.3, -0.25) is 19.7 Å². The Hall–Kier alpha value is -2.90. The van der Waals surface area contributed by atoms with E-state index in [4.69, 9.17) is 4.74 Å². The van der Waals surface area contributed by atoms with Crippen molar-refractivity contribution in [2.45, 2.75) is 71.1 Å². The highest BCUT2D eigenvalue weighted by atomic mass is 16.6. The summed E-state index contributed by atoms with van der Waals surface area (Å²) in [6.45, 7) is 7.39. The van der Waals surface area contributed by atoms with Crippen LogP contribution in [0.2, 0.25) is 0 Å². The number of nitrogens with zero attached hydrogens (tertiary/aromatic N) is 2. The molecule has 172 valence electrons. The lowest BCUT2D eigenvalue weighted by molar-refractivity contribution is -0.136. The Labute approximate surface area is 188 Å². The van der Waals surface area contributed by atoms with E-state index in [1.54, 1.807) is 9.80 Å². The Bertz CT molecular complexity index is 943. The molecule has 1 unspecified atom stereocenters. The zero-order valence-corrected chi connectivity index (χ0v) is 19.0. The Morgan fingerprint density at radius 1 is 1.12 bits per heavy atom. The third-order valence-electron chi connectivity index (χ3n) is 6.38. The molecule has 2 saturated heterocycles. The fourth-order valence-corrected chi connectivity index (χ4v) is 4.73. The minimum atomic E-state index is -0.590. The molecule has 1 N–H and O–H groups in total. The van der Waals surface area contributed by atoms with Crippen LogP contribution >= 0.6 is 0 Å². The number of likely N-dealkylation sites (tertiary alicyclic amines) is 1. The highest BCUT2D eigenvalue weighted by Gasteiger charge is 2.39. The van der Waals surface area contributed by atoms with E-state index < -0.39 is 11.6 Å². The van der Waals surface area contributed by atoms with E-state index in [-0.39, 0.29) is 30.2 Å². The molecule has 4 amide bonds. The van der Waals surface area contributed by atoms with E-state index in [2.05, 4.69) is 11.4 Å². The maximum Gasteiger partial charge on any atom is 0.410 e. The molecule has 32 heavy (non-hydrogen) atoms. The molecule has 1 atom stereocenters. The lowest BCUT2D eigenvalue weighted by Gasteiger charge is -2.33. The number of nitrogens with one attached hydrogen (secondary N) is 1. The molecule has 0 saturated carbocycles. The summed E-state index contributed by atoms with van der Waals surface area (Å²) in [6, 6.07) is 5.33. The molecular formula is C24H31N3O5. The molecule has 8 heteroatoms. The largest absolute Gasteiger partial charge is 0.444 e. The smallest absolute Gasteiger partial charge is 0.410 e. The van der Waals surface area contributed by atoms with E-state index in [9.17, 15) is 19.2 Å². The van der Waals surface area contributed by atoms with Crippen LogP contribution in [0.5, 0.6) is 0 Å². The normalized spacial score (nSPS) is 22.1. The van der Waals surface area contributed by atoms with Crippen LogP contribution in [0.3, 0.4) is 0 Å².